The number of ether oxygens (including phenoxy) is 1. The number of amides is 2. The van der Waals surface area contributed by atoms with E-state index in [-0.39, 0.29) is 29.4 Å². The second-order valence-electron chi connectivity index (χ2n) is 16.5. The van der Waals surface area contributed by atoms with Crippen LogP contribution < -0.4 is 15.4 Å². The summed E-state index contributed by atoms with van der Waals surface area (Å²) in [5, 5.41) is 0.606. The molecule has 4 fully saturated rings. The molecule has 5 aliphatic heterocycles. The third-order valence-electron chi connectivity index (χ3n) is 12.8. The van der Waals surface area contributed by atoms with Gasteiger partial charge in [0.05, 0.1) is 34.2 Å². The van der Waals surface area contributed by atoms with E-state index in [9.17, 15) is 14.4 Å². The molecule has 1 atom stereocenters. The molecule has 1 unspecified atom stereocenters. The van der Waals surface area contributed by atoms with E-state index in [0.29, 0.717) is 47.3 Å². The molecule has 0 N–H and O–H groups in total. The molecule has 5 aliphatic rings. The summed E-state index contributed by atoms with van der Waals surface area (Å²) in [5.74, 6) is -1.25. The van der Waals surface area contributed by atoms with Gasteiger partial charge in [-0.2, -0.15) is 4.98 Å². The number of hydrogen-bond acceptors (Lipinski definition) is 7. The lowest BCUT2D eigenvalue weighted by Crippen LogP contribution is -2.45. The topological polar surface area (TPSA) is 88.0 Å². The number of carbonyl (C=O) groups is 2. The minimum atomic E-state index is -0.891. The second kappa shape index (κ2) is 13.3. The number of likely N-dealkylation sites (tertiary alicyclic amines) is 1. The highest BCUT2D eigenvalue weighted by Gasteiger charge is 2.44. The van der Waals surface area contributed by atoms with E-state index in [0.717, 1.165) is 79.8 Å². The van der Waals surface area contributed by atoms with Gasteiger partial charge < -0.3 is 14.5 Å². The normalized spacial score (nSPS) is 22.7. The molecule has 0 aliphatic carbocycles. The van der Waals surface area contributed by atoms with Crippen molar-refractivity contribution in [2.45, 2.75) is 82.1 Å². The van der Waals surface area contributed by atoms with Crippen molar-refractivity contribution in [1.82, 2.24) is 14.5 Å². The van der Waals surface area contributed by atoms with E-state index in [4.69, 9.17) is 4.74 Å². The molecular weight excluding hydrogens is 756 g/mol. The van der Waals surface area contributed by atoms with Crippen LogP contribution in [0.4, 0.5) is 20.2 Å². The molecule has 2 amide bonds. The van der Waals surface area contributed by atoms with Gasteiger partial charge in [-0.15, -0.1) is 0 Å². The minimum absolute atomic E-state index is 0.101. The number of rotatable bonds is 5. The van der Waals surface area contributed by atoms with Crippen molar-refractivity contribution in [3.05, 3.63) is 91.9 Å². The maximum atomic E-state index is 15.2. The molecule has 0 bridgehead atoms. The second-order valence-corrected chi connectivity index (χ2v) is 17.3. The lowest BCUT2D eigenvalue weighted by molar-refractivity contribution is -0.129. The molecular formula is C42H44BrF2N5O4. The first-order valence-corrected chi connectivity index (χ1v) is 20.0. The number of nitrogens with zero attached hydrogens (tertiary/aromatic N) is 5. The Morgan fingerprint density at radius 1 is 0.926 bits per heavy atom. The SMILES string of the molecule is CC1(C)c2ccc(C3CCN(CC4COC5(CCN(c6cc(F)c(N7C(=O)CCCC7=O)c(F)c6)CC5)C4)CC3)cc2-n2c1nc(=O)c1c(Br)cccc12. The van der Waals surface area contributed by atoms with Gasteiger partial charge in [0.25, 0.3) is 5.56 Å². The zero-order valence-electron chi connectivity index (χ0n) is 30.7. The lowest BCUT2D eigenvalue weighted by Gasteiger charge is -2.40. The molecule has 3 aromatic carbocycles. The Bertz CT molecular complexity index is 2220. The number of anilines is 2. The Morgan fingerprint density at radius 2 is 1.63 bits per heavy atom. The highest BCUT2D eigenvalue weighted by molar-refractivity contribution is 9.10. The number of fused-ring (bicyclic) bond motifs is 5. The first kappa shape index (κ1) is 35.7. The standard InChI is InChI=1S/C42H44BrF2N5O4/c1-41(2)29-10-9-27(19-34(29)49-33-6-3-5-30(43)37(33)39(53)46-40(41)49)26-11-15-47(16-12-26)23-25-22-42(54-24-25)13-17-48(18-14-42)28-20-31(44)38(32(45)21-28)50-35(51)7-4-8-36(50)52/h3,5-6,9-10,19-21,25-26H,4,7-8,11-18,22-24H2,1-2H3. The summed E-state index contributed by atoms with van der Waals surface area (Å²) < 4.78 is 39.9. The van der Waals surface area contributed by atoms with Gasteiger partial charge in [-0.05, 0) is 135 Å². The Morgan fingerprint density at radius 3 is 2.33 bits per heavy atom. The largest absolute Gasteiger partial charge is 0.375 e. The molecule has 282 valence electrons. The molecule has 9 rings (SSSR count). The average molecular weight is 801 g/mol. The first-order chi connectivity index (χ1) is 25.9. The molecule has 12 heteroatoms. The summed E-state index contributed by atoms with van der Waals surface area (Å²) in [6.45, 7) is 9.27. The fourth-order valence-corrected chi connectivity index (χ4v) is 10.4. The van der Waals surface area contributed by atoms with Gasteiger partial charge in [0.15, 0.2) is 11.6 Å². The Hall–Kier alpha value is -4.00. The quantitative estimate of drug-likeness (QED) is 0.195. The molecule has 0 saturated carbocycles. The molecule has 4 aromatic rings. The monoisotopic (exact) mass is 799 g/mol. The van der Waals surface area contributed by atoms with Gasteiger partial charge >= 0.3 is 0 Å². The van der Waals surface area contributed by atoms with Gasteiger partial charge in [-0.25, -0.2) is 13.7 Å². The van der Waals surface area contributed by atoms with Gasteiger partial charge in [0, 0.05) is 42.6 Å². The van der Waals surface area contributed by atoms with Crippen LogP contribution in [0.5, 0.6) is 0 Å². The Labute approximate surface area is 321 Å². The molecule has 9 nitrogen and oxygen atoms in total. The van der Waals surface area contributed by atoms with Gasteiger partial charge in [0.1, 0.15) is 11.5 Å². The highest BCUT2D eigenvalue weighted by Crippen LogP contribution is 2.45. The fraction of sp³-hybridized carbons (Fsp3) is 0.476. The van der Waals surface area contributed by atoms with Crippen molar-refractivity contribution in [3.63, 3.8) is 0 Å². The van der Waals surface area contributed by atoms with Gasteiger partial charge in [-0.3, -0.25) is 19.0 Å². The van der Waals surface area contributed by atoms with Gasteiger partial charge in [0.2, 0.25) is 11.8 Å². The van der Waals surface area contributed by atoms with E-state index in [1.54, 1.807) is 0 Å². The van der Waals surface area contributed by atoms with E-state index in [1.165, 1.54) is 23.3 Å². The van der Waals surface area contributed by atoms with Crippen molar-refractivity contribution in [3.8, 4) is 5.69 Å². The predicted octanol–water partition coefficient (Wildman–Crippen LogP) is 7.36. The van der Waals surface area contributed by atoms with Crippen LogP contribution in [-0.2, 0) is 19.7 Å². The summed E-state index contributed by atoms with van der Waals surface area (Å²) in [5.41, 5.74) is 3.55. The number of benzene rings is 3. The maximum absolute atomic E-state index is 15.2. The molecule has 4 saturated heterocycles. The van der Waals surface area contributed by atoms with Crippen LogP contribution in [0.15, 0.2) is 57.8 Å². The third kappa shape index (κ3) is 5.91. The summed E-state index contributed by atoms with van der Waals surface area (Å²) >= 11 is 3.58. The van der Waals surface area contributed by atoms with Crippen LogP contribution in [-0.4, -0.2) is 71.2 Å². The van der Waals surface area contributed by atoms with Crippen LogP contribution in [0.2, 0.25) is 0 Å². The van der Waals surface area contributed by atoms with Gasteiger partial charge in [-0.1, -0.05) is 18.2 Å². The summed E-state index contributed by atoms with van der Waals surface area (Å²) in [6.07, 6.45) is 5.27. The Balaban J connectivity index is 0.820. The number of carbonyl (C=O) groups excluding carboxylic acids is 2. The Kier molecular flexibility index (Phi) is 8.81. The van der Waals surface area contributed by atoms with Crippen LogP contribution in [0, 0.1) is 17.6 Å². The smallest absolute Gasteiger partial charge is 0.281 e. The summed E-state index contributed by atoms with van der Waals surface area (Å²) in [4.78, 5) is 47.6. The average Bonchev–Trinajstić information content (AvgIpc) is 3.63. The van der Waals surface area contributed by atoms with Crippen molar-refractivity contribution < 1.29 is 23.1 Å². The third-order valence-corrected chi connectivity index (χ3v) is 13.4. The number of imide groups is 1. The zero-order valence-corrected chi connectivity index (χ0v) is 32.3. The van der Waals surface area contributed by atoms with Crippen LogP contribution in [0.25, 0.3) is 16.6 Å². The van der Waals surface area contributed by atoms with Crippen molar-refractivity contribution in [1.29, 1.82) is 0 Å². The van der Waals surface area contributed by atoms with Crippen LogP contribution in [0.3, 0.4) is 0 Å². The van der Waals surface area contributed by atoms with E-state index < -0.39 is 29.1 Å². The van der Waals surface area contributed by atoms with Crippen molar-refractivity contribution >= 4 is 50.0 Å². The summed E-state index contributed by atoms with van der Waals surface area (Å²) in [7, 11) is 0. The lowest BCUT2D eigenvalue weighted by atomic mass is 9.82. The molecule has 6 heterocycles. The fourth-order valence-electron chi connectivity index (χ4n) is 9.87. The zero-order chi connectivity index (χ0) is 37.5. The minimum Gasteiger partial charge on any atom is -0.375 e. The maximum Gasteiger partial charge on any atom is 0.281 e. The number of hydrogen-bond donors (Lipinski definition) is 0. The van der Waals surface area contributed by atoms with Crippen LogP contribution in [0.1, 0.15) is 88.1 Å². The predicted molar refractivity (Wildman–Crippen MR) is 207 cm³/mol. The highest BCUT2D eigenvalue weighted by atomic mass is 79.9. The first-order valence-electron chi connectivity index (χ1n) is 19.3. The number of piperidine rings is 3. The number of aromatic nitrogens is 2. The van der Waals surface area contributed by atoms with Crippen molar-refractivity contribution in [2.24, 2.45) is 5.92 Å². The van der Waals surface area contributed by atoms with E-state index in [2.05, 4.69) is 62.4 Å². The van der Waals surface area contributed by atoms with Crippen molar-refractivity contribution in [2.75, 3.05) is 49.1 Å². The van der Waals surface area contributed by atoms with E-state index in [1.807, 2.05) is 23.1 Å². The van der Waals surface area contributed by atoms with Crippen LogP contribution >= 0.6 is 15.9 Å². The molecule has 54 heavy (non-hydrogen) atoms. The van der Waals surface area contributed by atoms with E-state index >= 15 is 8.78 Å². The summed E-state index contributed by atoms with van der Waals surface area (Å²) in [6, 6.07) is 15.2. The molecule has 1 spiro atoms. The molecule has 0 radical (unpaired) electrons. The molecule has 1 aromatic heterocycles. The number of halogens is 3.